The third kappa shape index (κ3) is 3.88. The molecule has 1 aromatic heterocycles. The number of aromatic amines is 1. The molecule has 0 saturated carbocycles. The van der Waals surface area contributed by atoms with Gasteiger partial charge in [0.1, 0.15) is 12.4 Å². The van der Waals surface area contributed by atoms with Crippen LogP contribution in [0, 0.1) is 0 Å². The van der Waals surface area contributed by atoms with Gasteiger partial charge in [-0.2, -0.15) is 5.10 Å². The van der Waals surface area contributed by atoms with Gasteiger partial charge < -0.3 is 9.47 Å². The maximum atomic E-state index is 12.2. The van der Waals surface area contributed by atoms with Gasteiger partial charge in [0.15, 0.2) is 0 Å². The van der Waals surface area contributed by atoms with Gasteiger partial charge >= 0.3 is 5.97 Å². The number of nitrogens with one attached hydrogen (secondary N) is 1. The van der Waals surface area contributed by atoms with Crippen molar-refractivity contribution in [1.29, 1.82) is 0 Å². The third-order valence-corrected chi connectivity index (χ3v) is 4.21. The highest BCUT2D eigenvalue weighted by atomic mass is 79.9. The first-order chi connectivity index (χ1) is 12.1. The van der Waals surface area contributed by atoms with Crippen LogP contribution in [0.15, 0.2) is 51.7 Å². The molecule has 0 atom stereocenters. The quantitative estimate of drug-likeness (QED) is 0.663. The summed E-state index contributed by atoms with van der Waals surface area (Å²) in [6, 6.07) is 12.5. The normalized spacial score (nSPS) is 10.6. The highest BCUT2D eigenvalue weighted by molar-refractivity contribution is 9.10. The van der Waals surface area contributed by atoms with E-state index in [0.29, 0.717) is 22.2 Å². The van der Waals surface area contributed by atoms with E-state index in [1.807, 2.05) is 12.1 Å². The van der Waals surface area contributed by atoms with Crippen molar-refractivity contribution in [2.45, 2.75) is 13.0 Å². The summed E-state index contributed by atoms with van der Waals surface area (Å²) in [5.41, 5.74) is 0.942. The van der Waals surface area contributed by atoms with Gasteiger partial charge in [-0.25, -0.2) is 5.10 Å². The predicted octanol–water partition coefficient (Wildman–Crippen LogP) is 2.98. The van der Waals surface area contributed by atoms with Crippen LogP contribution in [-0.2, 0) is 22.6 Å². The molecular formula is C18H15BrN2O4. The fourth-order valence-electron chi connectivity index (χ4n) is 2.51. The van der Waals surface area contributed by atoms with Crippen LogP contribution in [0.5, 0.6) is 5.75 Å². The molecule has 7 heteroatoms. The SMILES string of the molecule is COc1ccc(Br)cc1COC(=O)Cc1n[nH]c(=O)c2ccccc12. The van der Waals surface area contributed by atoms with Crippen molar-refractivity contribution in [1.82, 2.24) is 10.2 Å². The summed E-state index contributed by atoms with van der Waals surface area (Å²) in [5, 5.41) is 7.52. The number of aromatic nitrogens is 2. The van der Waals surface area contributed by atoms with E-state index in [9.17, 15) is 9.59 Å². The highest BCUT2D eigenvalue weighted by Gasteiger charge is 2.13. The van der Waals surface area contributed by atoms with Crippen molar-refractivity contribution >= 4 is 32.7 Å². The van der Waals surface area contributed by atoms with Crippen molar-refractivity contribution in [3.63, 3.8) is 0 Å². The van der Waals surface area contributed by atoms with Crippen LogP contribution < -0.4 is 10.3 Å². The van der Waals surface area contributed by atoms with Crippen molar-refractivity contribution in [2.75, 3.05) is 7.11 Å². The first-order valence-electron chi connectivity index (χ1n) is 7.53. The molecule has 128 valence electrons. The Morgan fingerprint density at radius 3 is 2.72 bits per heavy atom. The molecule has 0 amide bonds. The Balaban J connectivity index is 1.75. The Bertz CT molecular complexity index is 984. The van der Waals surface area contributed by atoms with Crippen LogP contribution >= 0.6 is 15.9 Å². The fourth-order valence-corrected chi connectivity index (χ4v) is 2.92. The molecule has 0 bridgehead atoms. The van der Waals surface area contributed by atoms with E-state index in [1.54, 1.807) is 37.4 Å². The molecule has 0 aliphatic rings. The Labute approximate surface area is 151 Å². The number of fused-ring (bicyclic) bond motifs is 1. The first-order valence-corrected chi connectivity index (χ1v) is 8.32. The minimum absolute atomic E-state index is 0.0341. The second-order valence-corrected chi connectivity index (χ2v) is 6.25. The second-order valence-electron chi connectivity index (χ2n) is 5.34. The molecule has 25 heavy (non-hydrogen) atoms. The largest absolute Gasteiger partial charge is 0.496 e. The molecular weight excluding hydrogens is 388 g/mol. The van der Waals surface area contributed by atoms with Crippen LogP contribution in [0.25, 0.3) is 10.8 Å². The average Bonchev–Trinajstić information content (AvgIpc) is 2.63. The van der Waals surface area contributed by atoms with Crippen molar-refractivity contribution in [3.05, 3.63) is 68.5 Å². The molecule has 0 spiro atoms. The molecule has 0 unspecified atom stereocenters. The molecule has 1 heterocycles. The van der Waals surface area contributed by atoms with Gasteiger partial charge in [-0.1, -0.05) is 34.1 Å². The number of hydrogen-bond donors (Lipinski definition) is 1. The minimum Gasteiger partial charge on any atom is -0.496 e. The van der Waals surface area contributed by atoms with Gasteiger partial charge in [-0.15, -0.1) is 0 Å². The molecule has 0 fully saturated rings. The van der Waals surface area contributed by atoms with E-state index in [4.69, 9.17) is 9.47 Å². The minimum atomic E-state index is -0.438. The number of rotatable bonds is 5. The Morgan fingerprint density at radius 1 is 1.20 bits per heavy atom. The summed E-state index contributed by atoms with van der Waals surface area (Å²) >= 11 is 3.38. The van der Waals surface area contributed by atoms with Gasteiger partial charge in [0.2, 0.25) is 0 Å². The summed E-state index contributed by atoms with van der Waals surface area (Å²) in [6.45, 7) is 0.0860. The molecule has 0 aliphatic carbocycles. The number of ether oxygens (including phenoxy) is 2. The number of H-pyrrole nitrogens is 1. The zero-order valence-corrected chi connectivity index (χ0v) is 15.0. The lowest BCUT2D eigenvalue weighted by Crippen LogP contribution is -2.15. The highest BCUT2D eigenvalue weighted by Crippen LogP contribution is 2.24. The smallest absolute Gasteiger partial charge is 0.312 e. The molecule has 0 aliphatic heterocycles. The fraction of sp³-hybridized carbons (Fsp3) is 0.167. The third-order valence-electron chi connectivity index (χ3n) is 3.72. The average molecular weight is 403 g/mol. The van der Waals surface area contributed by atoms with E-state index >= 15 is 0 Å². The lowest BCUT2D eigenvalue weighted by molar-refractivity contribution is -0.144. The first kappa shape index (κ1) is 17.2. The van der Waals surface area contributed by atoms with E-state index in [-0.39, 0.29) is 18.6 Å². The van der Waals surface area contributed by atoms with E-state index in [1.165, 1.54) is 0 Å². The lowest BCUT2D eigenvalue weighted by atomic mass is 10.1. The number of methoxy groups -OCH3 is 1. The van der Waals surface area contributed by atoms with Crippen LogP contribution in [0.2, 0.25) is 0 Å². The number of esters is 1. The summed E-state index contributed by atoms with van der Waals surface area (Å²) in [7, 11) is 1.56. The second kappa shape index (κ2) is 7.48. The van der Waals surface area contributed by atoms with Gasteiger partial charge in [-0.05, 0) is 24.3 Å². The van der Waals surface area contributed by atoms with Gasteiger partial charge in [0.05, 0.1) is 24.6 Å². The number of hydrogen-bond acceptors (Lipinski definition) is 5. The number of carbonyl (C=O) groups excluding carboxylic acids is 1. The van der Waals surface area contributed by atoms with Crippen LogP contribution in [0.4, 0.5) is 0 Å². The zero-order valence-electron chi connectivity index (χ0n) is 13.4. The standard InChI is InChI=1S/C18H15BrN2O4/c1-24-16-7-6-12(19)8-11(16)10-25-17(22)9-15-13-4-2-3-5-14(13)18(23)21-20-15/h2-8H,9-10H2,1H3,(H,21,23). The van der Waals surface area contributed by atoms with E-state index in [2.05, 4.69) is 26.1 Å². The van der Waals surface area contributed by atoms with Gasteiger partial charge in [0.25, 0.3) is 5.56 Å². The Hall–Kier alpha value is -2.67. The Morgan fingerprint density at radius 2 is 1.96 bits per heavy atom. The van der Waals surface area contributed by atoms with Crippen molar-refractivity contribution in [2.24, 2.45) is 0 Å². The molecule has 0 radical (unpaired) electrons. The lowest BCUT2D eigenvalue weighted by Gasteiger charge is -2.10. The van der Waals surface area contributed by atoms with Crippen molar-refractivity contribution < 1.29 is 14.3 Å². The number of benzene rings is 2. The monoisotopic (exact) mass is 402 g/mol. The molecule has 0 saturated heterocycles. The van der Waals surface area contributed by atoms with Crippen LogP contribution in [0.1, 0.15) is 11.3 Å². The maximum Gasteiger partial charge on any atom is 0.312 e. The molecule has 3 rings (SSSR count). The summed E-state index contributed by atoms with van der Waals surface area (Å²) in [5.74, 6) is 0.204. The maximum absolute atomic E-state index is 12.2. The van der Waals surface area contributed by atoms with Gasteiger partial charge in [-0.3, -0.25) is 9.59 Å². The van der Waals surface area contributed by atoms with Gasteiger partial charge in [0, 0.05) is 15.4 Å². The van der Waals surface area contributed by atoms with Crippen LogP contribution in [0.3, 0.4) is 0 Å². The zero-order chi connectivity index (χ0) is 17.8. The number of halogens is 1. The summed E-state index contributed by atoms with van der Waals surface area (Å²) in [4.78, 5) is 24.0. The Kier molecular flexibility index (Phi) is 5.14. The van der Waals surface area contributed by atoms with Crippen molar-refractivity contribution in [3.8, 4) is 5.75 Å². The van der Waals surface area contributed by atoms with Crippen LogP contribution in [-0.4, -0.2) is 23.3 Å². The molecule has 1 N–H and O–H groups in total. The summed E-state index contributed by atoms with van der Waals surface area (Å²) in [6.07, 6.45) is -0.0341. The topological polar surface area (TPSA) is 81.3 Å². The predicted molar refractivity (Wildman–Crippen MR) is 96.6 cm³/mol. The molecule has 3 aromatic rings. The molecule has 6 nitrogen and oxygen atoms in total. The van der Waals surface area contributed by atoms with E-state index < -0.39 is 5.97 Å². The summed E-state index contributed by atoms with van der Waals surface area (Å²) < 4.78 is 11.5. The molecule has 2 aromatic carbocycles. The number of carbonyl (C=O) groups is 1. The number of nitrogens with zero attached hydrogens (tertiary/aromatic N) is 1. The van der Waals surface area contributed by atoms with E-state index in [0.717, 1.165) is 10.0 Å².